The first-order chi connectivity index (χ1) is 18.0. The minimum Gasteiger partial charge on any atom is -0.390 e. The number of para-hydroxylation sites is 1. The van der Waals surface area contributed by atoms with Crippen LogP contribution in [0.4, 0.5) is 0 Å². The average Bonchev–Trinajstić information content (AvgIpc) is 3.56. The molecule has 37 heavy (non-hydrogen) atoms. The number of carbonyl (C=O) groups excluding carboxylic acids is 2. The molecule has 2 aliphatic heterocycles. The van der Waals surface area contributed by atoms with E-state index in [0.29, 0.717) is 48.6 Å². The van der Waals surface area contributed by atoms with Crippen molar-refractivity contribution < 1.29 is 19.4 Å². The van der Waals surface area contributed by atoms with Crippen LogP contribution < -0.4 is 5.32 Å². The summed E-state index contributed by atoms with van der Waals surface area (Å²) in [5, 5.41) is 15.2. The predicted molar refractivity (Wildman–Crippen MR) is 145 cm³/mol. The second-order valence-electron chi connectivity index (χ2n) is 9.43. The Kier molecular flexibility index (Phi) is 6.37. The first kappa shape index (κ1) is 24.0. The lowest BCUT2D eigenvalue weighted by Crippen LogP contribution is -2.41. The lowest BCUT2D eigenvalue weighted by molar-refractivity contribution is -0.122. The van der Waals surface area contributed by atoms with E-state index in [2.05, 4.69) is 21.3 Å². The minimum absolute atomic E-state index is 0.361. The Morgan fingerprint density at radius 3 is 2.54 bits per heavy atom. The summed E-state index contributed by atoms with van der Waals surface area (Å²) in [5.74, 6) is -0.813. The van der Waals surface area contributed by atoms with Gasteiger partial charge in [-0.2, -0.15) is 0 Å². The zero-order valence-corrected chi connectivity index (χ0v) is 21.3. The highest BCUT2D eigenvalue weighted by Crippen LogP contribution is 2.39. The topological polar surface area (TPSA) is 99.6 Å². The number of fused-ring (bicyclic) bond motifs is 2. The van der Waals surface area contributed by atoms with Gasteiger partial charge in [-0.05, 0) is 30.5 Å². The maximum Gasteiger partial charge on any atom is 0.259 e. The second kappa shape index (κ2) is 9.83. The van der Waals surface area contributed by atoms with Gasteiger partial charge < -0.3 is 19.4 Å². The molecule has 0 aliphatic carbocycles. The Morgan fingerprint density at radius 2 is 1.76 bits per heavy atom. The third kappa shape index (κ3) is 4.38. The van der Waals surface area contributed by atoms with Gasteiger partial charge in [0, 0.05) is 76.4 Å². The number of hydrogen-bond acceptors (Lipinski definition) is 6. The molecule has 6 rings (SSSR count). The van der Waals surface area contributed by atoms with Crippen molar-refractivity contribution in [1.82, 2.24) is 19.8 Å². The Bertz CT molecular complexity index is 1550. The fourth-order valence-electron chi connectivity index (χ4n) is 5.37. The number of nitrogens with zero attached hydrogens (tertiary/aromatic N) is 2. The van der Waals surface area contributed by atoms with Crippen LogP contribution in [0.1, 0.15) is 11.1 Å². The smallest absolute Gasteiger partial charge is 0.259 e. The molecule has 190 valence electrons. The number of imide groups is 1. The molecule has 2 aromatic heterocycles. The number of benzene rings is 2. The maximum absolute atomic E-state index is 13.2. The predicted octanol–water partition coefficient (Wildman–Crippen LogP) is 3.10. The van der Waals surface area contributed by atoms with Gasteiger partial charge in [-0.25, -0.2) is 0 Å². The van der Waals surface area contributed by atoms with Crippen molar-refractivity contribution in [2.75, 3.05) is 39.1 Å². The quantitative estimate of drug-likeness (QED) is 0.258. The maximum atomic E-state index is 13.2. The van der Waals surface area contributed by atoms with Crippen molar-refractivity contribution in [2.24, 2.45) is 0 Å². The summed E-state index contributed by atoms with van der Waals surface area (Å²) in [7, 11) is 0. The number of nitrogens with one attached hydrogen (secondary N) is 2. The first-order valence-electron chi connectivity index (χ1n) is 12.4. The molecule has 4 heterocycles. The molecule has 0 spiro atoms. The molecule has 4 aromatic rings. The lowest BCUT2D eigenvalue weighted by atomic mass is 9.95. The largest absolute Gasteiger partial charge is 0.390 e. The average molecular weight is 517 g/mol. The van der Waals surface area contributed by atoms with Gasteiger partial charge in [0.05, 0.1) is 30.5 Å². The van der Waals surface area contributed by atoms with Crippen LogP contribution in [0.5, 0.6) is 0 Å². The molecule has 1 fully saturated rings. The van der Waals surface area contributed by atoms with E-state index in [9.17, 15) is 14.7 Å². The molecule has 0 bridgehead atoms. The van der Waals surface area contributed by atoms with Gasteiger partial charge in [-0.15, -0.1) is 11.8 Å². The summed E-state index contributed by atoms with van der Waals surface area (Å²) in [5.41, 5.74) is 3.92. The zero-order valence-electron chi connectivity index (χ0n) is 20.5. The van der Waals surface area contributed by atoms with Gasteiger partial charge in [0.15, 0.2) is 0 Å². The molecular formula is C28H28N4O4S. The number of aromatic amines is 1. The molecule has 1 atom stereocenters. The van der Waals surface area contributed by atoms with Crippen molar-refractivity contribution in [3.63, 3.8) is 0 Å². The van der Waals surface area contributed by atoms with Gasteiger partial charge >= 0.3 is 0 Å². The zero-order chi connectivity index (χ0) is 25.5. The van der Waals surface area contributed by atoms with E-state index in [-0.39, 0.29) is 0 Å². The normalized spacial score (nSPS) is 17.8. The Morgan fingerprint density at radius 1 is 1.00 bits per heavy atom. The van der Waals surface area contributed by atoms with Crippen LogP contribution >= 0.6 is 11.8 Å². The molecule has 1 saturated heterocycles. The summed E-state index contributed by atoms with van der Waals surface area (Å²) in [4.78, 5) is 32.8. The SMILES string of the molecule is CSc1ccc2c(c1)c(C1=C(c3c[nH]c4ccccc34)C(=O)NC1=O)cn2CC(O)CN1CCOCC1. The molecule has 2 aliphatic rings. The number of ether oxygens (including phenoxy) is 1. The number of carbonyl (C=O) groups is 2. The fourth-order valence-corrected chi connectivity index (χ4v) is 5.81. The highest BCUT2D eigenvalue weighted by Gasteiger charge is 2.35. The number of amides is 2. The highest BCUT2D eigenvalue weighted by atomic mass is 32.2. The van der Waals surface area contributed by atoms with E-state index in [1.807, 2.05) is 53.4 Å². The number of morpholine rings is 1. The summed E-state index contributed by atoms with van der Waals surface area (Å²) < 4.78 is 7.42. The number of aromatic nitrogens is 2. The van der Waals surface area contributed by atoms with Gasteiger partial charge in [-0.3, -0.25) is 19.8 Å². The van der Waals surface area contributed by atoms with Crippen LogP contribution in [-0.4, -0.2) is 76.6 Å². The van der Waals surface area contributed by atoms with Gasteiger partial charge in [0.25, 0.3) is 11.8 Å². The van der Waals surface area contributed by atoms with Crippen LogP contribution in [0.15, 0.2) is 59.8 Å². The van der Waals surface area contributed by atoms with E-state index in [1.54, 1.807) is 18.0 Å². The van der Waals surface area contributed by atoms with Crippen LogP contribution in [0.2, 0.25) is 0 Å². The van der Waals surface area contributed by atoms with Crippen molar-refractivity contribution in [3.05, 3.63) is 66.0 Å². The Hall–Kier alpha value is -3.37. The molecule has 3 N–H and O–H groups in total. The Labute approximate surface area is 218 Å². The van der Waals surface area contributed by atoms with Crippen LogP contribution in [0, 0.1) is 0 Å². The number of thioether (sulfide) groups is 1. The van der Waals surface area contributed by atoms with E-state index in [4.69, 9.17) is 4.74 Å². The fraction of sp³-hybridized carbons (Fsp3) is 0.286. The second-order valence-corrected chi connectivity index (χ2v) is 10.3. The molecule has 9 heteroatoms. The highest BCUT2D eigenvalue weighted by molar-refractivity contribution is 7.98. The van der Waals surface area contributed by atoms with E-state index < -0.39 is 17.9 Å². The number of H-pyrrole nitrogens is 1. The third-order valence-electron chi connectivity index (χ3n) is 7.13. The van der Waals surface area contributed by atoms with Crippen molar-refractivity contribution in [3.8, 4) is 0 Å². The summed E-state index contributed by atoms with van der Waals surface area (Å²) in [6.45, 7) is 3.87. The minimum atomic E-state index is -0.595. The van der Waals surface area contributed by atoms with Crippen molar-refractivity contribution >= 4 is 56.5 Å². The van der Waals surface area contributed by atoms with Crippen LogP contribution in [-0.2, 0) is 20.9 Å². The van der Waals surface area contributed by atoms with Crippen LogP contribution in [0.3, 0.4) is 0 Å². The standard InChI is InChI=1S/C28H28N4O4S/c1-37-18-6-7-24-20(12-18)22(16-32(24)15-17(33)14-31-8-10-36-11-9-31)26-25(27(34)30-28(26)35)21-13-29-23-5-3-2-4-19(21)23/h2-7,12-13,16-17,29,33H,8-11,14-15H2,1H3,(H,30,34,35). The van der Waals surface area contributed by atoms with Gasteiger partial charge in [0.2, 0.25) is 0 Å². The number of β-amino-alcohol motifs (C(OH)–C–C–N with tert-alkyl or cyclic N) is 1. The molecule has 2 amide bonds. The monoisotopic (exact) mass is 516 g/mol. The van der Waals surface area contributed by atoms with Gasteiger partial charge in [0.1, 0.15) is 0 Å². The molecule has 2 aromatic carbocycles. The summed E-state index contributed by atoms with van der Waals surface area (Å²) >= 11 is 1.62. The van der Waals surface area contributed by atoms with Gasteiger partial charge in [-0.1, -0.05) is 18.2 Å². The number of hydrogen-bond donors (Lipinski definition) is 3. The molecule has 0 radical (unpaired) electrons. The number of aliphatic hydroxyl groups excluding tert-OH is 1. The molecular weight excluding hydrogens is 488 g/mol. The van der Waals surface area contributed by atoms with Crippen molar-refractivity contribution in [1.29, 1.82) is 0 Å². The van der Waals surface area contributed by atoms with E-state index >= 15 is 0 Å². The number of aliphatic hydroxyl groups is 1. The molecule has 1 unspecified atom stereocenters. The lowest BCUT2D eigenvalue weighted by Gasteiger charge is -2.28. The Balaban J connectivity index is 1.47. The number of rotatable bonds is 7. The molecule has 0 saturated carbocycles. The van der Waals surface area contributed by atoms with Crippen molar-refractivity contribution in [2.45, 2.75) is 17.5 Å². The molecule has 8 nitrogen and oxygen atoms in total. The summed E-state index contributed by atoms with van der Waals surface area (Å²) in [6, 6.07) is 13.8. The van der Waals surface area contributed by atoms with Crippen LogP contribution in [0.25, 0.3) is 33.0 Å². The van der Waals surface area contributed by atoms with E-state index in [0.717, 1.165) is 39.8 Å². The first-order valence-corrected chi connectivity index (χ1v) is 13.6. The third-order valence-corrected chi connectivity index (χ3v) is 7.85. The summed E-state index contributed by atoms with van der Waals surface area (Å²) in [6.07, 6.45) is 5.10. The van der Waals surface area contributed by atoms with E-state index in [1.165, 1.54) is 0 Å².